The van der Waals surface area contributed by atoms with Crippen molar-refractivity contribution in [3.8, 4) is 6.07 Å². The van der Waals surface area contributed by atoms with Gasteiger partial charge in [0.15, 0.2) is 0 Å². The quantitative estimate of drug-likeness (QED) is 0.759. The topological polar surface area (TPSA) is 40.9 Å². The van der Waals surface area contributed by atoms with Crippen LogP contribution in [0.4, 0.5) is 0 Å². The van der Waals surface area contributed by atoms with Crippen LogP contribution < -0.4 is 0 Å². The highest BCUT2D eigenvalue weighted by molar-refractivity contribution is 7.84. The van der Waals surface area contributed by atoms with E-state index in [1.807, 2.05) is 25.1 Å². The zero-order valence-electron chi connectivity index (χ0n) is 8.19. The Balaban J connectivity index is 2.77. The molecule has 0 aliphatic carbocycles. The summed E-state index contributed by atoms with van der Waals surface area (Å²) in [4.78, 5) is 0. The standard InChI is InChI=1S/C11H13NOS/c1-2-7-14(13)9-11-6-4-3-5-10(11)8-12/h3-6H,2,7,9H2,1H3. The van der Waals surface area contributed by atoms with E-state index in [1.54, 1.807) is 6.07 Å². The first kappa shape index (κ1) is 10.9. The van der Waals surface area contributed by atoms with Crippen molar-refractivity contribution in [3.63, 3.8) is 0 Å². The smallest absolute Gasteiger partial charge is 0.0994 e. The first-order valence-electron chi connectivity index (χ1n) is 4.61. The average molecular weight is 207 g/mol. The largest absolute Gasteiger partial charge is 0.259 e. The summed E-state index contributed by atoms with van der Waals surface area (Å²) < 4.78 is 11.5. The molecule has 14 heavy (non-hydrogen) atoms. The van der Waals surface area contributed by atoms with Crippen molar-refractivity contribution in [2.45, 2.75) is 19.1 Å². The Morgan fingerprint density at radius 2 is 2.14 bits per heavy atom. The van der Waals surface area contributed by atoms with Crippen molar-refractivity contribution < 1.29 is 4.21 Å². The molecule has 1 aromatic carbocycles. The zero-order valence-corrected chi connectivity index (χ0v) is 9.01. The molecule has 1 atom stereocenters. The van der Waals surface area contributed by atoms with Crippen LogP contribution in [-0.2, 0) is 16.6 Å². The van der Waals surface area contributed by atoms with Crippen LogP contribution in [-0.4, -0.2) is 9.96 Å². The zero-order chi connectivity index (χ0) is 10.4. The Bertz CT molecular complexity index is 368. The predicted octanol–water partition coefficient (Wildman–Crippen LogP) is 2.22. The van der Waals surface area contributed by atoms with Crippen LogP contribution in [0.15, 0.2) is 24.3 Å². The van der Waals surface area contributed by atoms with Gasteiger partial charge in [-0.05, 0) is 18.1 Å². The van der Waals surface area contributed by atoms with E-state index in [-0.39, 0.29) is 0 Å². The molecular formula is C11H13NOS. The molecule has 1 aromatic rings. The summed E-state index contributed by atoms with van der Waals surface area (Å²) in [5, 5.41) is 8.81. The molecule has 0 spiro atoms. The molecule has 1 unspecified atom stereocenters. The molecule has 0 saturated heterocycles. The van der Waals surface area contributed by atoms with Gasteiger partial charge < -0.3 is 0 Å². The van der Waals surface area contributed by atoms with Crippen molar-refractivity contribution in [3.05, 3.63) is 35.4 Å². The molecule has 74 valence electrons. The highest BCUT2D eigenvalue weighted by Gasteiger charge is 2.04. The van der Waals surface area contributed by atoms with Gasteiger partial charge in [0, 0.05) is 22.3 Å². The Morgan fingerprint density at radius 1 is 1.43 bits per heavy atom. The fourth-order valence-electron chi connectivity index (χ4n) is 1.23. The summed E-state index contributed by atoms with van der Waals surface area (Å²) in [6, 6.07) is 9.44. The van der Waals surface area contributed by atoms with Crippen LogP contribution in [0.25, 0.3) is 0 Å². The molecule has 0 aromatic heterocycles. The number of rotatable bonds is 4. The molecule has 0 fully saturated rings. The van der Waals surface area contributed by atoms with Crippen LogP contribution in [0.5, 0.6) is 0 Å². The third kappa shape index (κ3) is 2.97. The van der Waals surface area contributed by atoms with Crippen LogP contribution in [0.3, 0.4) is 0 Å². The number of nitriles is 1. The van der Waals surface area contributed by atoms with Gasteiger partial charge in [0.2, 0.25) is 0 Å². The number of hydrogen-bond donors (Lipinski definition) is 0. The van der Waals surface area contributed by atoms with E-state index in [1.165, 1.54) is 0 Å². The third-order valence-electron chi connectivity index (χ3n) is 1.89. The number of hydrogen-bond acceptors (Lipinski definition) is 2. The molecule has 0 aliphatic heterocycles. The Labute approximate surface area is 87.0 Å². The number of nitrogens with zero attached hydrogens (tertiary/aromatic N) is 1. The van der Waals surface area contributed by atoms with Crippen molar-refractivity contribution in [1.29, 1.82) is 5.26 Å². The second-order valence-electron chi connectivity index (χ2n) is 3.06. The van der Waals surface area contributed by atoms with E-state index in [2.05, 4.69) is 6.07 Å². The van der Waals surface area contributed by atoms with E-state index in [0.717, 1.165) is 12.0 Å². The molecule has 0 radical (unpaired) electrons. The highest BCUT2D eigenvalue weighted by atomic mass is 32.2. The van der Waals surface area contributed by atoms with Crippen LogP contribution in [0.2, 0.25) is 0 Å². The summed E-state index contributed by atoms with van der Waals surface area (Å²) >= 11 is 0. The fourth-order valence-corrected chi connectivity index (χ4v) is 2.43. The summed E-state index contributed by atoms with van der Waals surface area (Å²) in [5.74, 6) is 1.21. The monoisotopic (exact) mass is 207 g/mol. The van der Waals surface area contributed by atoms with Crippen LogP contribution >= 0.6 is 0 Å². The summed E-state index contributed by atoms with van der Waals surface area (Å²) in [6.45, 7) is 2.01. The van der Waals surface area contributed by atoms with Crippen molar-refractivity contribution in [2.75, 3.05) is 5.75 Å². The Hall–Kier alpha value is -1.14. The first-order valence-corrected chi connectivity index (χ1v) is 6.09. The predicted molar refractivity (Wildman–Crippen MR) is 58.2 cm³/mol. The summed E-state index contributed by atoms with van der Waals surface area (Å²) in [7, 11) is -0.834. The van der Waals surface area contributed by atoms with Gasteiger partial charge in [-0.25, -0.2) is 0 Å². The second kappa shape index (κ2) is 5.56. The molecule has 0 N–H and O–H groups in total. The molecule has 0 saturated carbocycles. The van der Waals surface area contributed by atoms with Gasteiger partial charge in [-0.1, -0.05) is 25.1 Å². The van der Waals surface area contributed by atoms with E-state index < -0.39 is 10.8 Å². The molecule has 0 bridgehead atoms. The van der Waals surface area contributed by atoms with E-state index in [9.17, 15) is 4.21 Å². The van der Waals surface area contributed by atoms with Crippen LogP contribution in [0, 0.1) is 11.3 Å². The highest BCUT2D eigenvalue weighted by Crippen LogP contribution is 2.10. The molecular weight excluding hydrogens is 194 g/mol. The Kier molecular flexibility index (Phi) is 4.34. The SMILES string of the molecule is CCCS(=O)Cc1ccccc1C#N. The molecule has 0 aliphatic rings. The maximum Gasteiger partial charge on any atom is 0.0994 e. The minimum absolute atomic E-state index is 0.498. The van der Waals surface area contributed by atoms with Gasteiger partial charge >= 0.3 is 0 Å². The maximum absolute atomic E-state index is 11.5. The van der Waals surface area contributed by atoms with Crippen molar-refractivity contribution in [2.24, 2.45) is 0 Å². The summed E-state index contributed by atoms with van der Waals surface area (Å²) in [5.41, 5.74) is 1.53. The van der Waals surface area contributed by atoms with Gasteiger partial charge in [0.05, 0.1) is 11.6 Å². The minimum atomic E-state index is -0.834. The molecule has 3 heteroatoms. The lowest BCUT2D eigenvalue weighted by Crippen LogP contribution is -2.01. The number of benzene rings is 1. The van der Waals surface area contributed by atoms with Crippen LogP contribution in [0.1, 0.15) is 24.5 Å². The normalized spacial score (nSPS) is 12.0. The Morgan fingerprint density at radius 3 is 2.79 bits per heavy atom. The second-order valence-corrected chi connectivity index (χ2v) is 4.63. The van der Waals surface area contributed by atoms with Gasteiger partial charge in [-0.2, -0.15) is 5.26 Å². The molecule has 1 rings (SSSR count). The van der Waals surface area contributed by atoms with Crippen molar-refractivity contribution in [1.82, 2.24) is 0 Å². The first-order chi connectivity index (χ1) is 6.77. The maximum atomic E-state index is 11.5. The molecule has 2 nitrogen and oxygen atoms in total. The summed E-state index contributed by atoms with van der Waals surface area (Å²) in [6.07, 6.45) is 0.918. The minimum Gasteiger partial charge on any atom is -0.259 e. The van der Waals surface area contributed by atoms with Crippen molar-refractivity contribution >= 4 is 10.8 Å². The molecule has 0 heterocycles. The van der Waals surface area contributed by atoms with Gasteiger partial charge in [-0.3, -0.25) is 4.21 Å². The lowest BCUT2D eigenvalue weighted by atomic mass is 10.1. The van der Waals surface area contributed by atoms with E-state index in [0.29, 0.717) is 17.1 Å². The van der Waals surface area contributed by atoms with Gasteiger partial charge in [0.25, 0.3) is 0 Å². The fraction of sp³-hybridized carbons (Fsp3) is 0.364. The molecule has 0 amide bonds. The average Bonchev–Trinajstić information content (AvgIpc) is 2.19. The third-order valence-corrected chi connectivity index (χ3v) is 3.38. The lowest BCUT2D eigenvalue weighted by molar-refractivity contribution is 0.681. The van der Waals surface area contributed by atoms with E-state index in [4.69, 9.17) is 5.26 Å². The van der Waals surface area contributed by atoms with Gasteiger partial charge in [-0.15, -0.1) is 0 Å². The van der Waals surface area contributed by atoms with E-state index >= 15 is 0 Å². The van der Waals surface area contributed by atoms with Gasteiger partial charge in [0.1, 0.15) is 0 Å². The lowest BCUT2D eigenvalue weighted by Gasteiger charge is -2.02.